The maximum atomic E-state index is 6.09. The predicted molar refractivity (Wildman–Crippen MR) is 123 cm³/mol. The monoisotopic (exact) mass is 430 g/mol. The third-order valence-corrected chi connectivity index (χ3v) is 6.74. The van der Waals surface area contributed by atoms with E-state index in [-0.39, 0.29) is 6.04 Å². The number of para-hydroxylation sites is 1. The van der Waals surface area contributed by atoms with Crippen molar-refractivity contribution in [1.82, 2.24) is 9.47 Å². The summed E-state index contributed by atoms with van der Waals surface area (Å²) in [6, 6.07) is 21.3. The molecule has 156 valence electrons. The minimum absolute atomic E-state index is 0.176. The fourth-order valence-electron chi connectivity index (χ4n) is 4.95. The molecule has 1 atom stereocenters. The van der Waals surface area contributed by atoms with Gasteiger partial charge in [0.1, 0.15) is 0 Å². The van der Waals surface area contributed by atoms with Gasteiger partial charge in [-0.25, -0.2) is 0 Å². The number of likely N-dealkylation sites (N-methyl/N-ethyl adjacent to an activating group) is 1. The van der Waals surface area contributed by atoms with Crippen LogP contribution in [0.15, 0.2) is 66.9 Å². The molecule has 0 spiro atoms. The van der Waals surface area contributed by atoms with Crippen molar-refractivity contribution in [2.75, 3.05) is 20.4 Å². The lowest BCUT2D eigenvalue weighted by atomic mass is 9.88. The molecule has 0 N–H and O–H groups in total. The Morgan fingerprint density at radius 1 is 0.968 bits per heavy atom. The van der Waals surface area contributed by atoms with Crippen molar-refractivity contribution in [3.05, 3.63) is 94.1 Å². The Balaban J connectivity index is 1.48. The van der Waals surface area contributed by atoms with E-state index in [0.29, 0.717) is 6.79 Å². The van der Waals surface area contributed by atoms with Crippen LogP contribution in [0.25, 0.3) is 10.9 Å². The second kappa shape index (κ2) is 7.33. The lowest BCUT2D eigenvalue weighted by Gasteiger charge is -2.34. The van der Waals surface area contributed by atoms with Gasteiger partial charge >= 0.3 is 0 Å². The highest BCUT2D eigenvalue weighted by Crippen LogP contribution is 2.44. The summed E-state index contributed by atoms with van der Waals surface area (Å²) < 4.78 is 13.7. The number of rotatable bonds is 3. The van der Waals surface area contributed by atoms with Crippen LogP contribution in [0.2, 0.25) is 5.02 Å². The summed E-state index contributed by atoms with van der Waals surface area (Å²) in [7, 11) is 2.21. The Bertz CT molecular complexity index is 1280. The normalized spacial score (nSPS) is 17.8. The predicted octanol–water partition coefficient (Wildman–Crippen LogP) is 5.65. The van der Waals surface area contributed by atoms with Crippen molar-refractivity contribution in [2.24, 2.45) is 0 Å². The first kappa shape index (κ1) is 18.8. The average Bonchev–Trinajstić information content (AvgIpc) is 3.38. The van der Waals surface area contributed by atoms with E-state index in [9.17, 15) is 0 Å². The molecule has 3 heterocycles. The van der Waals surface area contributed by atoms with Crippen LogP contribution in [-0.4, -0.2) is 29.9 Å². The second-order valence-electron chi connectivity index (χ2n) is 8.39. The molecular weight excluding hydrogens is 408 g/mol. The van der Waals surface area contributed by atoms with Crippen molar-refractivity contribution in [3.63, 3.8) is 0 Å². The largest absolute Gasteiger partial charge is 0.454 e. The van der Waals surface area contributed by atoms with Gasteiger partial charge in [0, 0.05) is 35.2 Å². The zero-order chi connectivity index (χ0) is 20.9. The molecule has 6 rings (SSSR count). The first-order valence-corrected chi connectivity index (χ1v) is 11.0. The summed E-state index contributed by atoms with van der Waals surface area (Å²) in [5, 5.41) is 2.06. The summed E-state index contributed by atoms with van der Waals surface area (Å²) in [4.78, 5) is 2.44. The van der Waals surface area contributed by atoms with Crippen LogP contribution in [0, 0.1) is 0 Å². The van der Waals surface area contributed by atoms with Gasteiger partial charge in [0.15, 0.2) is 11.5 Å². The van der Waals surface area contributed by atoms with Gasteiger partial charge < -0.3 is 14.0 Å². The second-order valence-corrected chi connectivity index (χ2v) is 8.83. The summed E-state index contributed by atoms with van der Waals surface area (Å²) in [5.41, 5.74) is 6.47. The molecule has 31 heavy (non-hydrogen) atoms. The topological polar surface area (TPSA) is 26.6 Å². The number of aromatic nitrogens is 1. The number of nitrogens with zero attached hydrogens (tertiary/aromatic N) is 2. The van der Waals surface area contributed by atoms with E-state index in [2.05, 4.69) is 71.2 Å². The third-order valence-electron chi connectivity index (χ3n) is 6.48. The maximum absolute atomic E-state index is 6.09. The van der Waals surface area contributed by atoms with Gasteiger partial charge in [0.05, 0.1) is 6.04 Å². The zero-order valence-corrected chi connectivity index (χ0v) is 18.1. The first-order chi connectivity index (χ1) is 15.2. The van der Waals surface area contributed by atoms with Gasteiger partial charge in [-0.1, -0.05) is 41.9 Å². The molecule has 2 aliphatic heterocycles. The van der Waals surface area contributed by atoms with Gasteiger partial charge in [0.25, 0.3) is 0 Å². The Morgan fingerprint density at radius 3 is 2.58 bits per heavy atom. The fraction of sp³-hybridized carbons (Fsp3) is 0.231. The van der Waals surface area contributed by atoms with Crippen molar-refractivity contribution in [1.29, 1.82) is 0 Å². The quantitative estimate of drug-likeness (QED) is 0.420. The van der Waals surface area contributed by atoms with E-state index in [1.807, 2.05) is 12.1 Å². The van der Waals surface area contributed by atoms with Crippen LogP contribution in [0.5, 0.6) is 11.5 Å². The zero-order valence-electron chi connectivity index (χ0n) is 17.3. The molecular formula is C26H23ClN2O2. The average molecular weight is 431 g/mol. The molecule has 4 nitrogen and oxygen atoms in total. The molecule has 1 unspecified atom stereocenters. The molecule has 0 aliphatic carbocycles. The molecule has 2 aliphatic rings. The summed E-state index contributed by atoms with van der Waals surface area (Å²) >= 11 is 6.09. The number of benzene rings is 3. The van der Waals surface area contributed by atoms with E-state index < -0.39 is 0 Å². The number of hydrogen-bond acceptors (Lipinski definition) is 3. The number of hydrogen-bond donors (Lipinski definition) is 0. The SMILES string of the molecule is CN1CCc2cc3c(cc2C1c1cn(Cc2ccc(Cl)cc2)c2ccccc12)OCO3. The van der Waals surface area contributed by atoms with Gasteiger partial charge in [-0.2, -0.15) is 0 Å². The molecule has 0 saturated heterocycles. The highest BCUT2D eigenvalue weighted by Gasteiger charge is 2.31. The smallest absolute Gasteiger partial charge is 0.231 e. The van der Waals surface area contributed by atoms with Crippen LogP contribution >= 0.6 is 11.6 Å². The molecule has 3 aromatic carbocycles. The van der Waals surface area contributed by atoms with Crippen molar-refractivity contribution in [2.45, 2.75) is 19.0 Å². The minimum Gasteiger partial charge on any atom is -0.454 e. The van der Waals surface area contributed by atoms with Crippen molar-refractivity contribution < 1.29 is 9.47 Å². The lowest BCUT2D eigenvalue weighted by Crippen LogP contribution is -2.32. The van der Waals surface area contributed by atoms with Crippen LogP contribution in [0.3, 0.4) is 0 Å². The van der Waals surface area contributed by atoms with Gasteiger partial charge in [-0.15, -0.1) is 0 Å². The van der Waals surface area contributed by atoms with Crippen LogP contribution < -0.4 is 9.47 Å². The third kappa shape index (κ3) is 3.18. The fourth-order valence-corrected chi connectivity index (χ4v) is 5.08. The number of ether oxygens (including phenoxy) is 2. The van der Waals surface area contributed by atoms with E-state index in [1.54, 1.807) is 0 Å². The van der Waals surface area contributed by atoms with Gasteiger partial charge in [0.2, 0.25) is 6.79 Å². The van der Waals surface area contributed by atoms with Crippen molar-refractivity contribution >= 4 is 22.5 Å². The Kier molecular flexibility index (Phi) is 4.44. The Morgan fingerprint density at radius 2 is 1.74 bits per heavy atom. The standard InChI is InChI=1S/C26H23ClN2O2/c1-28-11-10-18-12-24-25(31-16-30-24)13-21(18)26(28)22-15-29(23-5-3-2-4-20(22)23)14-17-6-8-19(27)9-7-17/h2-9,12-13,15,26H,10-11,14,16H2,1H3. The highest BCUT2D eigenvalue weighted by molar-refractivity contribution is 6.30. The molecule has 1 aromatic heterocycles. The molecule has 0 saturated carbocycles. The van der Waals surface area contributed by atoms with E-state index in [1.165, 1.54) is 33.2 Å². The minimum atomic E-state index is 0.176. The molecule has 0 amide bonds. The van der Waals surface area contributed by atoms with Gasteiger partial charge in [-0.05, 0) is 66.1 Å². The highest BCUT2D eigenvalue weighted by atomic mass is 35.5. The Hall–Kier alpha value is -2.95. The molecule has 0 fully saturated rings. The molecule has 5 heteroatoms. The van der Waals surface area contributed by atoms with E-state index in [4.69, 9.17) is 21.1 Å². The Labute approximate surface area is 186 Å². The van der Waals surface area contributed by atoms with E-state index >= 15 is 0 Å². The summed E-state index contributed by atoms with van der Waals surface area (Å²) in [6.07, 6.45) is 3.34. The van der Waals surface area contributed by atoms with Crippen molar-refractivity contribution in [3.8, 4) is 11.5 Å². The summed E-state index contributed by atoms with van der Waals surface area (Å²) in [5.74, 6) is 1.72. The maximum Gasteiger partial charge on any atom is 0.231 e. The van der Waals surface area contributed by atoms with Gasteiger partial charge in [-0.3, -0.25) is 4.90 Å². The molecule has 0 bridgehead atoms. The number of halogens is 1. The number of fused-ring (bicyclic) bond motifs is 3. The van der Waals surface area contributed by atoms with Crippen LogP contribution in [0.4, 0.5) is 0 Å². The van der Waals surface area contributed by atoms with Crippen LogP contribution in [0.1, 0.15) is 28.3 Å². The van der Waals surface area contributed by atoms with Crippen LogP contribution in [-0.2, 0) is 13.0 Å². The van der Waals surface area contributed by atoms with E-state index in [0.717, 1.165) is 36.0 Å². The first-order valence-electron chi connectivity index (χ1n) is 10.6. The molecule has 0 radical (unpaired) electrons. The summed E-state index contributed by atoms with van der Waals surface area (Å²) in [6.45, 7) is 2.12. The molecule has 4 aromatic rings. The lowest BCUT2D eigenvalue weighted by molar-refractivity contribution is 0.174.